The van der Waals surface area contributed by atoms with Gasteiger partial charge >= 0.3 is 6.18 Å². The van der Waals surface area contributed by atoms with Gasteiger partial charge in [-0.05, 0) is 51.0 Å². The van der Waals surface area contributed by atoms with Crippen molar-refractivity contribution in [3.05, 3.63) is 0 Å². The van der Waals surface area contributed by atoms with Crippen LogP contribution in [0.1, 0.15) is 51.4 Å². The lowest BCUT2D eigenvalue weighted by molar-refractivity contribution is -0.203. The van der Waals surface area contributed by atoms with Crippen LogP contribution in [0.3, 0.4) is 0 Å². The van der Waals surface area contributed by atoms with Crippen molar-refractivity contribution in [1.82, 2.24) is 30.5 Å². The third kappa shape index (κ3) is 4.98. The van der Waals surface area contributed by atoms with E-state index < -0.39 is 30.0 Å². The Morgan fingerprint density at radius 3 is 2.53 bits per heavy atom. The summed E-state index contributed by atoms with van der Waals surface area (Å²) in [7, 11) is 2.85. The number of carbonyl (C=O) groups is 2. The summed E-state index contributed by atoms with van der Waals surface area (Å²) in [6.07, 6.45) is 0.991. The number of nitrogens with zero attached hydrogens (tertiary/aromatic N) is 4. The Balaban J connectivity index is 1.23. The van der Waals surface area contributed by atoms with Crippen LogP contribution >= 0.6 is 11.6 Å². The van der Waals surface area contributed by atoms with Crippen LogP contribution in [-0.4, -0.2) is 107 Å². The number of hydrogen-bond acceptors (Lipinski definition) is 6. The monoisotopic (exact) mass is 534 g/mol. The molecule has 0 spiro atoms. The zero-order valence-corrected chi connectivity index (χ0v) is 21.8. The van der Waals surface area contributed by atoms with E-state index in [0.29, 0.717) is 37.8 Å². The second-order valence-electron chi connectivity index (χ2n) is 11.4. The number of carbonyl (C=O) groups excluding carboxylic acids is 2. The van der Waals surface area contributed by atoms with Gasteiger partial charge in [-0.3, -0.25) is 19.8 Å². The molecule has 36 heavy (non-hydrogen) atoms. The first-order valence-electron chi connectivity index (χ1n) is 13.3. The minimum atomic E-state index is -4.51. The zero-order valence-electron chi connectivity index (χ0n) is 21.0. The summed E-state index contributed by atoms with van der Waals surface area (Å²) < 4.78 is 42.8. The van der Waals surface area contributed by atoms with Crippen molar-refractivity contribution in [3.8, 4) is 0 Å². The van der Waals surface area contributed by atoms with E-state index in [9.17, 15) is 22.8 Å². The number of hydrogen-bond donors (Lipinski definition) is 2. The highest BCUT2D eigenvalue weighted by Crippen LogP contribution is 2.41. The fraction of sp³-hybridized carbons (Fsp3) is 0.917. The van der Waals surface area contributed by atoms with E-state index >= 15 is 0 Å². The minimum Gasteiger partial charge on any atom is -0.345 e. The molecule has 204 valence electrons. The third-order valence-corrected chi connectivity index (χ3v) is 9.48. The Morgan fingerprint density at radius 1 is 1.17 bits per heavy atom. The first-order chi connectivity index (χ1) is 17.0. The van der Waals surface area contributed by atoms with Crippen LogP contribution in [0.5, 0.6) is 0 Å². The molecule has 0 aromatic rings. The van der Waals surface area contributed by atoms with Gasteiger partial charge in [-0.1, -0.05) is 0 Å². The molecule has 5 aliphatic rings. The highest BCUT2D eigenvalue weighted by atomic mass is 35.5. The SMILES string of the molecule is CN1C[C@H](C(=O)N(C)[C@@H](C2CCC(N3CCCC4C3CNC3CC(Cl)NN34)CC2)C(F)(F)F)CC1=O. The fourth-order valence-electron chi connectivity index (χ4n) is 7.48. The summed E-state index contributed by atoms with van der Waals surface area (Å²) in [4.78, 5) is 29.7. The second kappa shape index (κ2) is 10.2. The van der Waals surface area contributed by atoms with Crippen LogP contribution in [0.2, 0.25) is 0 Å². The smallest absolute Gasteiger partial charge is 0.345 e. The van der Waals surface area contributed by atoms with E-state index in [4.69, 9.17) is 11.6 Å². The van der Waals surface area contributed by atoms with Crippen LogP contribution < -0.4 is 10.7 Å². The molecule has 5 rings (SSSR count). The second-order valence-corrected chi connectivity index (χ2v) is 11.9. The predicted octanol–water partition coefficient (Wildman–Crippen LogP) is 1.95. The van der Waals surface area contributed by atoms with Gasteiger partial charge in [-0.15, -0.1) is 11.6 Å². The third-order valence-electron chi connectivity index (χ3n) is 9.21. The summed E-state index contributed by atoms with van der Waals surface area (Å²) in [6.45, 7) is 2.02. The molecule has 0 bridgehead atoms. The zero-order chi connectivity index (χ0) is 25.8. The van der Waals surface area contributed by atoms with Crippen molar-refractivity contribution in [2.45, 2.75) is 93.4 Å². The Morgan fingerprint density at radius 2 is 1.89 bits per heavy atom. The van der Waals surface area contributed by atoms with E-state index in [1.54, 1.807) is 7.05 Å². The van der Waals surface area contributed by atoms with Gasteiger partial charge < -0.3 is 9.80 Å². The lowest BCUT2D eigenvalue weighted by Gasteiger charge is -2.53. The van der Waals surface area contributed by atoms with Gasteiger partial charge in [-0.2, -0.15) is 13.2 Å². The van der Waals surface area contributed by atoms with E-state index in [1.807, 2.05) is 0 Å². The van der Waals surface area contributed by atoms with Crippen molar-refractivity contribution >= 4 is 23.4 Å². The van der Waals surface area contributed by atoms with Crippen molar-refractivity contribution in [1.29, 1.82) is 0 Å². The maximum Gasteiger partial charge on any atom is 0.409 e. The maximum absolute atomic E-state index is 14.3. The Kier molecular flexibility index (Phi) is 7.50. The number of nitrogens with one attached hydrogen (secondary N) is 2. The van der Waals surface area contributed by atoms with Gasteiger partial charge in [0.15, 0.2) is 0 Å². The molecule has 4 saturated heterocycles. The van der Waals surface area contributed by atoms with Gasteiger partial charge in [-0.25, -0.2) is 10.4 Å². The fourth-order valence-corrected chi connectivity index (χ4v) is 7.76. The quantitative estimate of drug-likeness (QED) is 0.424. The van der Waals surface area contributed by atoms with Gasteiger partial charge in [0.05, 0.1) is 17.6 Å². The van der Waals surface area contributed by atoms with Crippen LogP contribution in [0.15, 0.2) is 0 Å². The normalized spacial score (nSPS) is 39.1. The van der Waals surface area contributed by atoms with E-state index in [0.717, 1.165) is 37.3 Å². The molecule has 2 amide bonds. The molecule has 6 atom stereocenters. The van der Waals surface area contributed by atoms with Crippen molar-refractivity contribution in [3.63, 3.8) is 0 Å². The number of halogens is 4. The highest BCUT2D eigenvalue weighted by molar-refractivity contribution is 6.20. The molecule has 2 N–H and O–H groups in total. The Labute approximate surface area is 215 Å². The molecule has 0 radical (unpaired) electrons. The molecule has 4 aliphatic heterocycles. The summed E-state index contributed by atoms with van der Waals surface area (Å²) in [5.74, 6) is -2.10. The average Bonchev–Trinajstić information content (AvgIpc) is 3.38. The predicted molar refractivity (Wildman–Crippen MR) is 129 cm³/mol. The van der Waals surface area contributed by atoms with Gasteiger partial charge in [0.25, 0.3) is 0 Å². The number of amides is 2. The number of piperidine rings is 1. The van der Waals surface area contributed by atoms with Crippen LogP contribution in [0.4, 0.5) is 13.2 Å². The van der Waals surface area contributed by atoms with Gasteiger partial charge in [0.1, 0.15) is 6.04 Å². The lowest BCUT2D eigenvalue weighted by Crippen LogP contribution is -2.70. The number of rotatable bonds is 4. The van der Waals surface area contributed by atoms with Crippen molar-refractivity contribution < 1.29 is 22.8 Å². The molecular formula is C24H38ClF3N6O2. The Bertz CT molecular complexity index is 841. The average molecular weight is 535 g/mol. The van der Waals surface area contributed by atoms with Crippen molar-refractivity contribution in [2.24, 2.45) is 11.8 Å². The lowest BCUT2D eigenvalue weighted by atomic mass is 9.78. The molecule has 4 heterocycles. The highest BCUT2D eigenvalue weighted by Gasteiger charge is 2.52. The molecule has 0 aromatic heterocycles. The molecule has 12 heteroatoms. The molecule has 0 aromatic carbocycles. The Hall–Kier alpha value is -1.14. The van der Waals surface area contributed by atoms with Gasteiger partial charge in [0.2, 0.25) is 11.8 Å². The number of alkyl halides is 4. The molecule has 8 nitrogen and oxygen atoms in total. The largest absolute Gasteiger partial charge is 0.409 e. The van der Waals surface area contributed by atoms with Crippen LogP contribution in [-0.2, 0) is 9.59 Å². The number of fused-ring (bicyclic) bond motifs is 3. The number of likely N-dealkylation sites (tertiary alicyclic amines) is 2. The van der Waals surface area contributed by atoms with Crippen molar-refractivity contribution in [2.75, 3.05) is 33.7 Å². The van der Waals surface area contributed by atoms with E-state index in [1.165, 1.54) is 11.9 Å². The molecular weight excluding hydrogens is 497 g/mol. The first-order valence-corrected chi connectivity index (χ1v) is 13.7. The molecule has 1 aliphatic carbocycles. The van der Waals surface area contributed by atoms with Crippen LogP contribution in [0, 0.1) is 11.8 Å². The summed E-state index contributed by atoms with van der Waals surface area (Å²) in [5.41, 5.74) is 3.32. The molecule has 4 unspecified atom stereocenters. The molecule has 1 saturated carbocycles. The standard InChI is InChI=1S/C24H38ClF3N6O2/c1-31-13-15(10-21(31)35)23(36)32(2)22(24(26,27)28)14-5-7-16(8-6-14)33-9-3-4-17-18(33)12-29-20-11-19(25)30-34(17)20/h14-20,22,29-30H,3-13H2,1-2H3/t14?,15-,16?,17?,18?,19?,20?,22+/m1/s1. The van der Waals surface area contributed by atoms with E-state index in [2.05, 4.69) is 20.7 Å². The van der Waals surface area contributed by atoms with E-state index in [-0.39, 0.29) is 36.6 Å². The molecule has 5 fully saturated rings. The summed E-state index contributed by atoms with van der Waals surface area (Å²) in [6, 6.07) is -0.901. The number of hydrazine groups is 1. The first kappa shape index (κ1) is 26.5. The summed E-state index contributed by atoms with van der Waals surface area (Å²) >= 11 is 6.34. The minimum absolute atomic E-state index is 0.0141. The topological polar surface area (TPSA) is 71.2 Å². The maximum atomic E-state index is 14.3. The summed E-state index contributed by atoms with van der Waals surface area (Å²) in [5, 5.41) is 5.88. The van der Waals surface area contributed by atoms with Gasteiger partial charge in [0, 0.05) is 58.2 Å². The van der Waals surface area contributed by atoms with Crippen LogP contribution in [0.25, 0.3) is 0 Å².